The summed E-state index contributed by atoms with van der Waals surface area (Å²) in [5, 5.41) is 0. The number of benzene rings is 2. The van der Waals surface area contributed by atoms with Crippen molar-refractivity contribution < 1.29 is 4.74 Å². The Bertz CT molecular complexity index is 752. The highest BCUT2D eigenvalue weighted by atomic mass is 16.5. The summed E-state index contributed by atoms with van der Waals surface area (Å²) in [6.45, 7) is 7.85. The minimum atomic E-state index is 0.759. The van der Waals surface area contributed by atoms with Gasteiger partial charge in [0.1, 0.15) is 5.75 Å². The average molecular weight is 449 g/mol. The van der Waals surface area contributed by atoms with Crippen LogP contribution in [0.25, 0.3) is 11.1 Å². The van der Waals surface area contributed by atoms with Crippen molar-refractivity contribution in [3.05, 3.63) is 54.1 Å². The molecule has 1 unspecified atom stereocenters. The van der Waals surface area contributed by atoms with Crippen molar-refractivity contribution in [2.24, 2.45) is 11.8 Å². The first kappa shape index (κ1) is 25.9. The zero-order chi connectivity index (χ0) is 23.3. The lowest BCUT2D eigenvalue weighted by molar-refractivity contribution is 0.273. The van der Waals surface area contributed by atoms with Gasteiger partial charge >= 0.3 is 0 Å². The molecule has 1 saturated carbocycles. The molecule has 1 nitrogen and oxygen atoms in total. The molecular weight excluding hydrogens is 400 g/mol. The largest absolute Gasteiger partial charge is 0.494 e. The van der Waals surface area contributed by atoms with E-state index < -0.39 is 0 Å². The molecule has 0 saturated heterocycles. The lowest BCUT2D eigenvalue weighted by atomic mass is 9.75. The van der Waals surface area contributed by atoms with Crippen LogP contribution in [0.15, 0.2) is 48.5 Å². The summed E-state index contributed by atoms with van der Waals surface area (Å²) in [4.78, 5) is 0. The maximum Gasteiger partial charge on any atom is 0.119 e. The maximum atomic E-state index is 5.96. The van der Waals surface area contributed by atoms with E-state index in [0.717, 1.165) is 36.5 Å². The van der Waals surface area contributed by atoms with Crippen molar-refractivity contribution in [2.75, 3.05) is 6.61 Å². The third-order valence-electron chi connectivity index (χ3n) is 7.87. The third kappa shape index (κ3) is 8.84. The Labute approximate surface area is 204 Å². The van der Waals surface area contributed by atoms with Crippen LogP contribution in [0.4, 0.5) is 0 Å². The van der Waals surface area contributed by atoms with Gasteiger partial charge in [0.25, 0.3) is 0 Å². The van der Waals surface area contributed by atoms with E-state index in [4.69, 9.17) is 4.74 Å². The highest BCUT2D eigenvalue weighted by Crippen LogP contribution is 2.39. The van der Waals surface area contributed by atoms with Crippen molar-refractivity contribution in [3.63, 3.8) is 0 Å². The Kier molecular flexibility index (Phi) is 11.4. The molecule has 2 aromatic rings. The molecule has 1 heteroatoms. The summed E-state index contributed by atoms with van der Waals surface area (Å²) >= 11 is 0. The highest BCUT2D eigenvalue weighted by molar-refractivity contribution is 5.64. The fourth-order valence-corrected chi connectivity index (χ4v) is 5.41. The first-order valence-corrected chi connectivity index (χ1v) is 14.0. The molecule has 1 fully saturated rings. The summed E-state index contributed by atoms with van der Waals surface area (Å²) in [6.07, 6.45) is 17.6. The monoisotopic (exact) mass is 448 g/mol. The van der Waals surface area contributed by atoms with E-state index in [9.17, 15) is 0 Å². The summed E-state index contributed by atoms with van der Waals surface area (Å²) in [5.74, 6) is 3.61. The Morgan fingerprint density at radius 1 is 0.727 bits per heavy atom. The maximum absolute atomic E-state index is 5.96. The van der Waals surface area contributed by atoms with Gasteiger partial charge in [0.2, 0.25) is 0 Å². The normalized spacial score (nSPS) is 19.4. The lowest BCUT2D eigenvalue weighted by Crippen LogP contribution is -2.15. The minimum Gasteiger partial charge on any atom is -0.494 e. The predicted octanol–water partition coefficient (Wildman–Crippen LogP) is 10.2. The number of rotatable bonds is 14. The number of ether oxygens (including phenoxy) is 1. The summed E-state index contributed by atoms with van der Waals surface area (Å²) < 4.78 is 5.96. The molecule has 0 bridgehead atoms. The molecule has 0 aliphatic heterocycles. The molecule has 0 heterocycles. The first-order chi connectivity index (χ1) is 16.2. The van der Waals surface area contributed by atoms with Gasteiger partial charge in [0.05, 0.1) is 6.61 Å². The highest BCUT2D eigenvalue weighted by Gasteiger charge is 2.23. The van der Waals surface area contributed by atoms with Crippen LogP contribution in [0.5, 0.6) is 5.75 Å². The lowest BCUT2D eigenvalue weighted by Gasteiger charge is -2.30. The average Bonchev–Trinajstić information content (AvgIpc) is 2.86. The van der Waals surface area contributed by atoms with E-state index in [-0.39, 0.29) is 0 Å². The van der Waals surface area contributed by atoms with Gasteiger partial charge in [-0.15, -0.1) is 0 Å². The quantitative estimate of drug-likeness (QED) is 0.261. The molecule has 1 aliphatic rings. The van der Waals surface area contributed by atoms with E-state index in [2.05, 4.69) is 69.3 Å². The van der Waals surface area contributed by atoms with Crippen LogP contribution in [0, 0.1) is 11.8 Å². The first-order valence-electron chi connectivity index (χ1n) is 14.0. The molecule has 0 N–H and O–H groups in total. The van der Waals surface area contributed by atoms with Crippen molar-refractivity contribution in [2.45, 2.75) is 110 Å². The molecule has 2 aromatic carbocycles. The second-order valence-corrected chi connectivity index (χ2v) is 10.6. The van der Waals surface area contributed by atoms with Crippen molar-refractivity contribution >= 4 is 0 Å². The standard InChI is InChI=1S/C32H48O/c1-4-6-7-8-9-10-11-24-33-32-22-20-31(21-23-32)30-18-16-29(17-19-30)28-14-12-27(13-15-28)25-26(3)5-2/h16-23,26-28H,4-15,24-25H2,1-3H3. The van der Waals surface area contributed by atoms with Crippen LogP contribution in [-0.4, -0.2) is 6.61 Å². The van der Waals surface area contributed by atoms with Gasteiger partial charge in [-0.25, -0.2) is 0 Å². The van der Waals surface area contributed by atoms with E-state index in [1.165, 1.54) is 93.7 Å². The van der Waals surface area contributed by atoms with Gasteiger partial charge in [-0.05, 0) is 85.1 Å². The van der Waals surface area contributed by atoms with Crippen LogP contribution >= 0.6 is 0 Å². The van der Waals surface area contributed by atoms with E-state index in [0.29, 0.717) is 0 Å². The molecule has 0 aromatic heterocycles. The van der Waals surface area contributed by atoms with Gasteiger partial charge < -0.3 is 4.74 Å². The predicted molar refractivity (Wildman–Crippen MR) is 144 cm³/mol. The molecule has 0 amide bonds. The topological polar surface area (TPSA) is 9.23 Å². The molecular formula is C32H48O. The van der Waals surface area contributed by atoms with E-state index >= 15 is 0 Å². The molecule has 182 valence electrons. The molecule has 0 radical (unpaired) electrons. The van der Waals surface area contributed by atoms with Crippen LogP contribution < -0.4 is 4.74 Å². The number of hydrogen-bond acceptors (Lipinski definition) is 1. The fraction of sp³-hybridized carbons (Fsp3) is 0.625. The van der Waals surface area contributed by atoms with E-state index in [1.807, 2.05) is 0 Å². The van der Waals surface area contributed by atoms with Crippen molar-refractivity contribution in [1.82, 2.24) is 0 Å². The molecule has 0 spiro atoms. The van der Waals surface area contributed by atoms with Crippen molar-refractivity contribution in [3.8, 4) is 16.9 Å². The fourth-order valence-electron chi connectivity index (χ4n) is 5.41. The molecule has 3 rings (SSSR count). The second kappa shape index (κ2) is 14.5. The van der Waals surface area contributed by atoms with Gasteiger partial charge in [-0.3, -0.25) is 0 Å². The molecule has 1 aliphatic carbocycles. The zero-order valence-corrected chi connectivity index (χ0v) is 21.7. The van der Waals surface area contributed by atoms with Gasteiger partial charge in [-0.1, -0.05) is 102 Å². The summed E-state index contributed by atoms with van der Waals surface area (Å²) in [7, 11) is 0. The Hall–Kier alpha value is -1.76. The SMILES string of the molecule is CCCCCCCCCOc1ccc(-c2ccc(C3CCC(CC(C)CC)CC3)cc2)cc1. The minimum absolute atomic E-state index is 0.759. The Morgan fingerprint density at radius 3 is 1.91 bits per heavy atom. The van der Waals surface area contributed by atoms with Gasteiger partial charge in [0, 0.05) is 0 Å². The van der Waals surface area contributed by atoms with Crippen LogP contribution in [-0.2, 0) is 0 Å². The van der Waals surface area contributed by atoms with Crippen LogP contribution in [0.3, 0.4) is 0 Å². The Morgan fingerprint density at radius 2 is 1.30 bits per heavy atom. The van der Waals surface area contributed by atoms with Crippen LogP contribution in [0.2, 0.25) is 0 Å². The zero-order valence-electron chi connectivity index (χ0n) is 21.7. The third-order valence-corrected chi connectivity index (χ3v) is 7.87. The Balaban J connectivity index is 1.40. The smallest absolute Gasteiger partial charge is 0.119 e. The molecule has 1 atom stereocenters. The van der Waals surface area contributed by atoms with E-state index in [1.54, 1.807) is 0 Å². The second-order valence-electron chi connectivity index (χ2n) is 10.6. The summed E-state index contributed by atoms with van der Waals surface area (Å²) in [5.41, 5.74) is 4.13. The van der Waals surface area contributed by atoms with Crippen molar-refractivity contribution in [1.29, 1.82) is 0 Å². The summed E-state index contributed by atoms with van der Waals surface area (Å²) in [6, 6.07) is 18.0. The number of hydrogen-bond donors (Lipinski definition) is 0. The number of unbranched alkanes of at least 4 members (excludes halogenated alkanes) is 6. The van der Waals surface area contributed by atoms with Gasteiger partial charge in [-0.2, -0.15) is 0 Å². The van der Waals surface area contributed by atoms with Crippen LogP contribution in [0.1, 0.15) is 116 Å². The molecule has 33 heavy (non-hydrogen) atoms. The van der Waals surface area contributed by atoms with Gasteiger partial charge in [0.15, 0.2) is 0 Å².